The van der Waals surface area contributed by atoms with E-state index >= 15 is 0 Å². The van der Waals surface area contributed by atoms with Gasteiger partial charge in [-0.15, -0.1) is 0 Å². The third-order valence-electron chi connectivity index (χ3n) is 22.1. The lowest BCUT2D eigenvalue weighted by molar-refractivity contribution is -0.192. The molecule has 10 aromatic rings. The number of ether oxygens (including phenoxy) is 10. The van der Waals surface area contributed by atoms with Crippen molar-refractivity contribution < 1.29 is 95.3 Å². The van der Waals surface area contributed by atoms with Crippen molar-refractivity contribution in [2.45, 2.75) is 216 Å². The van der Waals surface area contributed by atoms with Gasteiger partial charge in [-0.25, -0.2) is 47.9 Å². The Balaban J connectivity index is 0.000000245. The summed E-state index contributed by atoms with van der Waals surface area (Å²) in [7, 11) is 0. The maximum Gasteiger partial charge on any atom is 0.338 e. The smallest absolute Gasteiger partial charge is 0.338 e. The summed E-state index contributed by atoms with van der Waals surface area (Å²) in [5.74, 6) is -4.25. The highest BCUT2D eigenvalue weighted by Crippen LogP contribution is 2.48. The zero-order valence-corrected chi connectivity index (χ0v) is 76.6. The van der Waals surface area contributed by atoms with Crippen molar-refractivity contribution in [2.24, 2.45) is 23.2 Å². The number of carbonyl (C=O) groups excluding carboxylic acids is 10. The first-order valence-corrected chi connectivity index (χ1v) is 43.0. The van der Waals surface area contributed by atoms with Gasteiger partial charge in [0.05, 0.1) is 55.6 Å². The Morgan fingerprint density at radius 2 is 0.449 bits per heavy atom. The molecule has 0 saturated carbocycles. The Kier molecular flexibility index (Phi) is 40.6. The van der Waals surface area contributed by atoms with Gasteiger partial charge in [0.15, 0.2) is 11.2 Å². The van der Waals surface area contributed by atoms with E-state index in [9.17, 15) is 47.9 Å². The molecular weight excluding hydrogens is 1610 g/mol. The van der Waals surface area contributed by atoms with E-state index < -0.39 is 51.7 Å². The number of rotatable bonds is 32. The molecule has 0 bridgehead atoms. The summed E-state index contributed by atoms with van der Waals surface area (Å²) in [6.07, 6.45) is -0.00539. The van der Waals surface area contributed by atoms with Crippen LogP contribution in [-0.2, 0) is 47.4 Å². The van der Waals surface area contributed by atoms with Crippen molar-refractivity contribution in [1.29, 1.82) is 0 Å². The van der Waals surface area contributed by atoms with Gasteiger partial charge in [-0.2, -0.15) is 0 Å². The van der Waals surface area contributed by atoms with Crippen LogP contribution in [0.15, 0.2) is 303 Å². The molecule has 0 aromatic heterocycles. The third-order valence-corrected chi connectivity index (χ3v) is 22.1. The van der Waals surface area contributed by atoms with Crippen molar-refractivity contribution >= 4 is 59.7 Å². The van der Waals surface area contributed by atoms with Crippen LogP contribution in [-0.4, -0.2) is 119 Å². The molecule has 10 aromatic carbocycles. The van der Waals surface area contributed by atoms with Gasteiger partial charge in [0, 0.05) is 23.7 Å². The van der Waals surface area contributed by atoms with E-state index in [1.54, 1.807) is 298 Å². The molecule has 10 rings (SSSR count). The van der Waals surface area contributed by atoms with Crippen LogP contribution < -0.4 is 0 Å². The minimum Gasteiger partial charge on any atom is -0.459 e. The van der Waals surface area contributed by atoms with Crippen LogP contribution >= 0.6 is 0 Å². The first kappa shape index (κ1) is 103. The first-order chi connectivity index (χ1) is 60.3. The van der Waals surface area contributed by atoms with Crippen LogP contribution in [0, 0.1) is 23.2 Å². The number of hydrogen-bond acceptors (Lipinski definition) is 20. The SMILES string of the molecule is CC(CC(C)OC(=O)c1ccccc1)OC(=O)c1ccccc1.CC(OC(=O)c1ccccc1)C(C)C(C)OC(=O)c1ccccc1.CCC(C(C)OC(=O)c1ccccc1)C(C)OC(=O)c1ccccc1.CCC(OC(=O)c1ccccc1)(C(C)(C)C)C(C)(C)OC(=O)c1ccccc1.CCC(OC(=O)c1ccccc1)(C(C)C)C(C)(C)OC(=O)c1ccccc1. The predicted molar refractivity (Wildman–Crippen MR) is 491 cm³/mol. The maximum absolute atomic E-state index is 12.9. The highest BCUT2D eigenvalue weighted by atomic mass is 16.6. The summed E-state index contributed by atoms with van der Waals surface area (Å²) >= 11 is 0. The fraction of sp³-hybridized carbons (Fsp3) is 0.346. The number of esters is 10. The quantitative estimate of drug-likeness (QED) is 0.0280. The first-order valence-electron chi connectivity index (χ1n) is 43.0. The van der Waals surface area contributed by atoms with E-state index in [0.29, 0.717) is 74.9 Å². The molecule has 0 aliphatic heterocycles. The van der Waals surface area contributed by atoms with Gasteiger partial charge in [0.1, 0.15) is 47.8 Å². The van der Waals surface area contributed by atoms with Crippen LogP contribution in [0.25, 0.3) is 0 Å². The second kappa shape index (κ2) is 50.1. The topological polar surface area (TPSA) is 263 Å². The Labute approximate surface area is 749 Å². The summed E-state index contributed by atoms with van der Waals surface area (Å²) in [4.78, 5) is 124. The molecule has 8 atom stereocenters. The van der Waals surface area contributed by atoms with Crippen molar-refractivity contribution in [3.8, 4) is 0 Å². The predicted octanol–water partition coefficient (Wildman–Crippen LogP) is 23.4. The summed E-state index contributed by atoms with van der Waals surface area (Å²) in [6.45, 7) is 35.8. The Morgan fingerprint density at radius 3 is 0.661 bits per heavy atom. The van der Waals surface area contributed by atoms with Crippen LogP contribution in [0.1, 0.15) is 261 Å². The summed E-state index contributed by atoms with van der Waals surface area (Å²) < 4.78 is 56.7. The highest BCUT2D eigenvalue weighted by Gasteiger charge is 2.58. The second-order valence-corrected chi connectivity index (χ2v) is 33.1. The molecule has 0 radical (unpaired) electrons. The molecule has 0 saturated heterocycles. The molecule has 0 fully saturated rings. The molecule has 0 spiro atoms. The van der Waals surface area contributed by atoms with Gasteiger partial charge in [0.2, 0.25) is 0 Å². The molecule has 0 aliphatic rings. The lowest BCUT2D eigenvalue weighted by Gasteiger charge is -2.52. The molecule has 0 N–H and O–H groups in total. The van der Waals surface area contributed by atoms with Gasteiger partial charge in [0.25, 0.3) is 0 Å². The molecule has 127 heavy (non-hydrogen) atoms. The van der Waals surface area contributed by atoms with Gasteiger partial charge in [-0.05, 0) is 216 Å². The monoisotopic (exact) mass is 1730 g/mol. The van der Waals surface area contributed by atoms with Gasteiger partial charge >= 0.3 is 59.7 Å². The minimum atomic E-state index is -1.06. The van der Waals surface area contributed by atoms with E-state index in [1.807, 2.05) is 137 Å². The molecule has 20 nitrogen and oxygen atoms in total. The fourth-order valence-corrected chi connectivity index (χ4v) is 14.8. The van der Waals surface area contributed by atoms with Crippen LogP contribution in [0.3, 0.4) is 0 Å². The molecule has 0 aliphatic carbocycles. The molecule has 8 unspecified atom stereocenters. The molecule has 0 heterocycles. The molecule has 672 valence electrons. The average Bonchev–Trinajstić information content (AvgIpc) is 0.747. The Hall–Kier alpha value is -13.1. The normalized spacial score (nSPS) is 13.9. The lowest BCUT2D eigenvalue weighted by atomic mass is 9.65. The molecule has 0 amide bonds. The minimum absolute atomic E-state index is 0.0614. The zero-order chi connectivity index (χ0) is 93.5. The zero-order valence-electron chi connectivity index (χ0n) is 76.6. The fourth-order valence-electron chi connectivity index (χ4n) is 14.8. The van der Waals surface area contributed by atoms with Crippen molar-refractivity contribution in [3.05, 3.63) is 359 Å². The van der Waals surface area contributed by atoms with E-state index in [0.717, 1.165) is 6.42 Å². The van der Waals surface area contributed by atoms with Crippen molar-refractivity contribution in [2.75, 3.05) is 0 Å². The molecule has 20 heteroatoms. The molecular formula is C107H124O20. The summed E-state index contributed by atoms with van der Waals surface area (Å²) in [5.41, 5.74) is 0.362. The maximum atomic E-state index is 12.9. The van der Waals surface area contributed by atoms with E-state index in [4.69, 9.17) is 47.4 Å². The lowest BCUT2D eigenvalue weighted by Crippen LogP contribution is -2.62. The third kappa shape index (κ3) is 30.9. The van der Waals surface area contributed by atoms with Crippen LogP contribution in [0.5, 0.6) is 0 Å². The van der Waals surface area contributed by atoms with Crippen LogP contribution in [0.2, 0.25) is 0 Å². The number of carbonyl (C=O) groups is 10. The highest BCUT2D eigenvalue weighted by molar-refractivity contribution is 5.94. The van der Waals surface area contributed by atoms with Gasteiger partial charge in [-0.1, -0.05) is 244 Å². The largest absolute Gasteiger partial charge is 0.459 e. The Morgan fingerprint density at radius 1 is 0.244 bits per heavy atom. The van der Waals surface area contributed by atoms with E-state index in [1.165, 1.54) is 0 Å². The van der Waals surface area contributed by atoms with E-state index in [-0.39, 0.29) is 90.2 Å². The van der Waals surface area contributed by atoms with Gasteiger partial charge < -0.3 is 47.4 Å². The van der Waals surface area contributed by atoms with E-state index in [2.05, 4.69) is 0 Å². The van der Waals surface area contributed by atoms with Crippen molar-refractivity contribution in [1.82, 2.24) is 0 Å². The van der Waals surface area contributed by atoms with Crippen molar-refractivity contribution in [3.63, 3.8) is 0 Å². The summed E-state index contributed by atoms with van der Waals surface area (Å²) in [6, 6.07) is 88.4. The van der Waals surface area contributed by atoms with Gasteiger partial charge in [-0.3, -0.25) is 0 Å². The van der Waals surface area contributed by atoms with Crippen LogP contribution in [0.4, 0.5) is 0 Å². The Bertz CT molecular complexity index is 4850. The number of benzene rings is 10. The standard InChI is InChI=1S/C24H30O4.C23H28O4.C21H24O4.C20H22O4.C19H20O4/c1-7-24(22(2,3)4,28-21(26)19-16-12-9-13-17-19)23(5,6)27-20(25)18-14-10-8-11-15-18;1-6-23(17(2)3,27-21(25)19-15-11-8-12-16-19)22(4,5)26-20(24)18-13-9-7-10-14-18;1-4-19(15(2)24-20(22)17-11-7-5-8-12-17)16(3)25-21(23)18-13-9-6-10-14-18;1-14(15(2)23-19(21)17-10-6-4-7-11-17)16(3)24-20(22)18-12-8-5-9-13-18;1-14(22-18(20)16-9-5-3-6-10-16)13-15(2)23-19(21)17-11-7-4-8-12-17/h8-17H,7H2,1-6H3;7-17H,6H2,1-5H3;5-16,19H,4H2,1-3H3;4-16H,1-3H3;3-12,14-15H,13H2,1-2H3. The average molecular weight is 1730 g/mol. The summed E-state index contributed by atoms with van der Waals surface area (Å²) in [5, 5.41) is 0. The number of hydrogen-bond donors (Lipinski definition) is 0. The second-order valence-electron chi connectivity index (χ2n) is 33.1.